The van der Waals surface area contributed by atoms with Crippen LogP contribution < -0.4 is 4.74 Å². The summed E-state index contributed by atoms with van der Waals surface area (Å²) in [6.07, 6.45) is 2.91. The topological polar surface area (TPSA) is 12.5 Å². The van der Waals surface area contributed by atoms with Crippen LogP contribution in [0.4, 0.5) is 13.2 Å². The zero-order chi connectivity index (χ0) is 22.3. The summed E-state index contributed by atoms with van der Waals surface area (Å²) >= 11 is 0. The lowest BCUT2D eigenvalue weighted by molar-refractivity contribution is 0.163. The highest BCUT2D eigenvalue weighted by atomic mass is 19.1. The van der Waals surface area contributed by atoms with Gasteiger partial charge in [-0.25, -0.2) is 13.2 Å². The molecule has 0 radical (unpaired) electrons. The normalized spacial score (nSPS) is 15.2. The summed E-state index contributed by atoms with van der Waals surface area (Å²) in [5, 5.41) is 0. The van der Waals surface area contributed by atoms with E-state index in [0.29, 0.717) is 18.3 Å². The van der Waals surface area contributed by atoms with Gasteiger partial charge in [0.2, 0.25) is 0 Å². The molecule has 0 unspecified atom stereocenters. The van der Waals surface area contributed by atoms with Crippen LogP contribution in [0.1, 0.15) is 36.3 Å². The number of hydrogen-bond acceptors (Lipinski definition) is 2. The predicted molar refractivity (Wildman–Crippen MR) is 120 cm³/mol. The van der Waals surface area contributed by atoms with Crippen LogP contribution >= 0.6 is 0 Å². The first kappa shape index (κ1) is 22.4. The van der Waals surface area contributed by atoms with Crippen LogP contribution in [0.2, 0.25) is 0 Å². The molecule has 1 aliphatic rings. The fourth-order valence-corrected chi connectivity index (χ4v) is 4.62. The zero-order valence-corrected chi connectivity index (χ0v) is 18.0. The van der Waals surface area contributed by atoms with Crippen molar-refractivity contribution >= 4 is 0 Å². The molecule has 1 aliphatic heterocycles. The smallest absolute Gasteiger partial charge is 0.126 e. The van der Waals surface area contributed by atoms with Gasteiger partial charge in [0.25, 0.3) is 0 Å². The van der Waals surface area contributed by atoms with Crippen molar-refractivity contribution in [2.75, 3.05) is 26.2 Å². The van der Waals surface area contributed by atoms with Crippen LogP contribution in [0.15, 0.2) is 72.8 Å². The second-order valence-corrected chi connectivity index (χ2v) is 8.42. The van der Waals surface area contributed by atoms with E-state index in [1.807, 2.05) is 24.3 Å². The van der Waals surface area contributed by atoms with Crippen molar-refractivity contribution < 1.29 is 17.9 Å². The quantitative estimate of drug-likeness (QED) is 0.376. The van der Waals surface area contributed by atoms with Crippen LogP contribution in [-0.4, -0.2) is 31.1 Å². The van der Waals surface area contributed by atoms with Gasteiger partial charge in [-0.15, -0.1) is 0 Å². The number of nitrogens with zero attached hydrogens (tertiary/aromatic N) is 1. The van der Waals surface area contributed by atoms with Crippen molar-refractivity contribution in [2.45, 2.75) is 25.2 Å². The summed E-state index contributed by atoms with van der Waals surface area (Å²) in [5.74, 6) is 0.302. The van der Waals surface area contributed by atoms with Crippen LogP contribution in [0.25, 0.3) is 0 Å². The van der Waals surface area contributed by atoms with E-state index in [1.54, 1.807) is 12.1 Å². The molecule has 1 fully saturated rings. The molecule has 2 nitrogen and oxygen atoms in total. The van der Waals surface area contributed by atoms with E-state index >= 15 is 0 Å². The number of piperidine rings is 1. The van der Waals surface area contributed by atoms with E-state index in [-0.39, 0.29) is 23.4 Å². The van der Waals surface area contributed by atoms with Crippen LogP contribution in [0.5, 0.6) is 5.75 Å². The molecule has 3 aromatic rings. The maximum atomic E-state index is 13.5. The average molecular weight is 440 g/mol. The fourth-order valence-electron chi connectivity index (χ4n) is 4.62. The van der Waals surface area contributed by atoms with E-state index < -0.39 is 0 Å². The molecule has 32 heavy (non-hydrogen) atoms. The molecule has 168 valence electrons. The Hall–Kier alpha value is -2.79. The van der Waals surface area contributed by atoms with Gasteiger partial charge in [-0.2, -0.15) is 0 Å². The second-order valence-electron chi connectivity index (χ2n) is 8.42. The molecular weight excluding hydrogens is 411 g/mol. The molecule has 1 heterocycles. The Kier molecular flexibility index (Phi) is 7.48. The van der Waals surface area contributed by atoms with Gasteiger partial charge in [0.15, 0.2) is 0 Å². The largest absolute Gasteiger partial charge is 0.493 e. The van der Waals surface area contributed by atoms with Gasteiger partial charge in [0.1, 0.15) is 23.2 Å². The van der Waals surface area contributed by atoms with Gasteiger partial charge in [0, 0.05) is 18.5 Å². The standard InChI is InChI=1S/C27H28F3NO/c28-23-9-5-20(6-10-23)27(21-7-11-24(29)12-8-21)22-13-16-31(17-14-22)15-2-18-32-26-4-1-3-25(30)19-26/h1,3-12,19,22,27H,2,13-18H2. The van der Waals surface area contributed by atoms with Crippen LogP contribution in [0, 0.1) is 23.4 Å². The molecule has 3 aromatic carbocycles. The maximum absolute atomic E-state index is 13.5. The van der Waals surface area contributed by atoms with Crippen molar-refractivity contribution in [3.05, 3.63) is 101 Å². The van der Waals surface area contributed by atoms with E-state index in [2.05, 4.69) is 4.90 Å². The molecular formula is C27H28F3NO. The molecule has 0 bridgehead atoms. The molecule has 0 aromatic heterocycles. The van der Waals surface area contributed by atoms with Gasteiger partial charge in [0.05, 0.1) is 6.61 Å². The Morgan fingerprint density at radius 1 is 0.781 bits per heavy atom. The number of halogens is 3. The summed E-state index contributed by atoms with van der Waals surface area (Å²) in [6.45, 7) is 3.43. The molecule has 1 saturated heterocycles. The monoisotopic (exact) mass is 439 g/mol. The Labute approximate surface area is 187 Å². The Morgan fingerprint density at radius 2 is 1.38 bits per heavy atom. The molecule has 0 aliphatic carbocycles. The first-order chi connectivity index (χ1) is 15.6. The summed E-state index contributed by atoms with van der Waals surface area (Å²) in [6, 6.07) is 19.6. The van der Waals surface area contributed by atoms with Crippen LogP contribution in [-0.2, 0) is 0 Å². The molecule has 0 saturated carbocycles. The van der Waals surface area contributed by atoms with Crippen LogP contribution in [0.3, 0.4) is 0 Å². The van der Waals surface area contributed by atoms with Gasteiger partial charge in [-0.3, -0.25) is 0 Å². The lowest BCUT2D eigenvalue weighted by Gasteiger charge is -2.36. The lowest BCUT2D eigenvalue weighted by Crippen LogP contribution is -2.36. The number of hydrogen-bond donors (Lipinski definition) is 0. The first-order valence-electron chi connectivity index (χ1n) is 11.2. The van der Waals surface area contributed by atoms with Gasteiger partial charge in [-0.1, -0.05) is 30.3 Å². The summed E-state index contributed by atoms with van der Waals surface area (Å²) in [7, 11) is 0. The van der Waals surface area contributed by atoms with Crippen molar-refractivity contribution in [1.29, 1.82) is 0 Å². The number of ether oxygens (including phenoxy) is 1. The average Bonchev–Trinajstić information content (AvgIpc) is 2.80. The van der Waals surface area contributed by atoms with E-state index in [0.717, 1.165) is 50.0 Å². The van der Waals surface area contributed by atoms with Crippen molar-refractivity contribution in [2.24, 2.45) is 5.92 Å². The van der Waals surface area contributed by atoms with Crippen molar-refractivity contribution in [3.8, 4) is 5.75 Å². The summed E-state index contributed by atoms with van der Waals surface area (Å²) in [4.78, 5) is 2.43. The van der Waals surface area contributed by atoms with E-state index in [1.165, 1.54) is 36.4 Å². The van der Waals surface area contributed by atoms with Crippen molar-refractivity contribution in [3.63, 3.8) is 0 Å². The van der Waals surface area contributed by atoms with Crippen molar-refractivity contribution in [1.82, 2.24) is 4.90 Å². The third kappa shape index (κ3) is 5.92. The number of benzene rings is 3. The molecule has 5 heteroatoms. The highest BCUT2D eigenvalue weighted by Gasteiger charge is 2.29. The first-order valence-corrected chi connectivity index (χ1v) is 11.2. The Bertz CT molecular complexity index is 937. The molecule has 0 spiro atoms. The number of likely N-dealkylation sites (tertiary alicyclic amines) is 1. The molecule has 4 rings (SSSR count). The maximum Gasteiger partial charge on any atom is 0.126 e. The highest BCUT2D eigenvalue weighted by Crippen LogP contribution is 2.38. The van der Waals surface area contributed by atoms with Gasteiger partial charge < -0.3 is 9.64 Å². The third-order valence-corrected chi connectivity index (χ3v) is 6.25. The summed E-state index contributed by atoms with van der Waals surface area (Å²) < 4.78 is 45.9. The van der Waals surface area contributed by atoms with Gasteiger partial charge >= 0.3 is 0 Å². The highest BCUT2D eigenvalue weighted by molar-refractivity contribution is 5.34. The Balaban J connectivity index is 1.33. The molecule has 0 atom stereocenters. The second kappa shape index (κ2) is 10.7. The lowest BCUT2D eigenvalue weighted by atomic mass is 9.76. The minimum atomic E-state index is -0.290. The fraction of sp³-hybridized carbons (Fsp3) is 0.333. The predicted octanol–water partition coefficient (Wildman–Crippen LogP) is 6.42. The van der Waals surface area contributed by atoms with Gasteiger partial charge in [-0.05, 0) is 85.8 Å². The third-order valence-electron chi connectivity index (χ3n) is 6.25. The molecule has 0 amide bonds. The minimum absolute atomic E-state index is 0.120. The van der Waals surface area contributed by atoms with E-state index in [4.69, 9.17) is 4.74 Å². The summed E-state index contributed by atoms with van der Waals surface area (Å²) in [5.41, 5.74) is 2.14. The van der Waals surface area contributed by atoms with E-state index in [9.17, 15) is 13.2 Å². The molecule has 0 N–H and O–H groups in total. The minimum Gasteiger partial charge on any atom is -0.493 e. The Morgan fingerprint density at radius 3 is 1.94 bits per heavy atom. The number of rotatable bonds is 8. The SMILES string of the molecule is Fc1ccc(C(c2ccc(F)cc2)C2CCN(CCCOc3cccc(F)c3)CC2)cc1. The zero-order valence-electron chi connectivity index (χ0n) is 18.0.